The number of ether oxygens (including phenoxy) is 2. The summed E-state index contributed by atoms with van der Waals surface area (Å²) in [5, 5.41) is 3.14. The van der Waals surface area contributed by atoms with Gasteiger partial charge in [-0.3, -0.25) is 9.69 Å². The van der Waals surface area contributed by atoms with Crippen LogP contribution in [0.3, 0.4) is 0 Å². The van der Waals surface area contributed by atoms with Gasteiger partial charge in [-0.25, -0.2) is 4.98 Å². The number of carbonyl (C=O) groups excluding carboxylic acids is 1. The van der Waals surface area contributed by atoms with Gasteiger partial charge in [-0.2, -0.15) is 0 Å². The second kappa shape index (κ2) is 7.63. The van der Waals surface area contributed by atoms with Gasteiger partial charge in [-0.1, -0.05) is 0 Å². The van der Waals surface area contributed by atoms with Crippen LogP contribution in [-0.4, -0.2) is 60.1 Å². The lowest BCUT2D eigenvalue weighted by Gasteiger charge is -2.37. The number of piperazine rings is 1. The van der Waals surface area contributed by atoms with Crippen LogP contribution in [0.15, 0.2) is 29.8 Å². The molecule has 1 aromatic heterocycles. The van der Waals surface area contributed by atoms with Crippen LogP contribution in [0.4, 0.5) is 0 Å². The molecule has 0 N–H and O–H groups in total. The van der Waals surface area contributed by atoms with E-state index in [0.717, 1.165) is 43.4 Å². The summed E-state index contributed by atoms with van der Waals surface area (Å²) in [7, 11) is 0. The molecule has 2 aromatic rings. The van der Waals surface area contributed by atoms with Crippen molar-refractivity contribution in [3.63, 3.8) is 0 Å². The van der Waals surface area contributed by atoms with Crippen LogP contribution < -0.4 is 9.47 Å². The van der Waals surface area contributed by atoms with E-state index in [4.69, 9.17) is 9.47 Å². The van der Waals surface area contributed by atoms with Gasteiger partial charge in [0, 0.05) is 49.7 Å². The van der Waals surface area contributed by atoms with E-state index in [-0.39, 0.29) is 5.91 Å². The summed E-state index contributed by atoms with van der Waals surface area (Å²) in [6.45, 7) is 6.62. The molecule has 138 valence electrons. The molecule has 1 saturated heterocycles. The molecular weight excluding hydrogens is 350 g/mol. The zero-order chi connectivity index (χ0) is 17.9. The first-order chi connectivity index (χ1) is 12.7. The molecule has 1 amide bonds. The van der Waals surface area contributed by atoms with Crippen LogP contribution in [0, 0.1) is 0 Å². The summed E-state index contributed by atoms with van der Waals surface area (Å²) in [6.07, 6.45) is 2.71. The zero-order valence-corrected chi connectivity index (χ0v) is 15.7. The fourth-order valence-corrected chi connectivity index (χ4v) is 4.12. The lowest BCUT2D eigenvalue weighted by Crippen LogP contribution is -2.49. The Morgan fingerprint density at radius 3 is 2.65 bits per heavy atom. The van der Waals surface area contributed by atoms with Gasteiger partial charge in [0.2, 0.25) is 0 Å². The van der Waals surface area contributed by atoms with Gasteiger partial charge in [-0.15, -0.1) is 11.3 Å². The first kappa shape index (κ1) is 17.3. The van der Waals surface area contributed by atoms with Crippen LogP contribution in [0.2, 0.25) is 0 Å². The van der Waals surface area contributed by atoms with Gasteiger partial charge >= 0.3 is 0 Å². The maximum Gasteiger partial charge on any atom is 0.254 e. The molecule has 0 saturated carbocycles. The van der Waals surface area contributed by atoms with Crippen LogP contribution >= 0.6 is 11.3 Å². The molecule has 1 atom stereocenters. The summed E-state index contributed by atoms with van der Waals surface area (Å²) in [4.78, 5) is 21.6. The standard InChI is InChI=1S/C19H23N3O3S/c1-14(18-20-5-12-26-18)21-6-8-22(9-7-21)19(23)15-3-4-16-17(13-15)25-11-2-10-24-16/h3-5,12-14H,2,6-11H2,1H3. The number of amides is 1. The third-order valence-electron chi connectivity index (χ3n) is 4.95. The van der Waals surface area contributed by atoms with E-state index in [9.17, 15) is 4.79 Å². The van der Waals surface area contributed by atoms with Crippen LogP contribution in [0.1, 0.15) is 34.8 Å². The van der Waals surface area contributed by atoms with E-state index < -0.39 is 0 Å². The van der Waals surface area contributed by atoms with Gasteiger partial charge in [-0.05, 0) is 25.1 Å². The van der Waals surface area contributed by atoms with Crippen molar-refractivity contribution in [1.82, 2.24) is 14.8 Å². The maximum atomic E-state index is 12.9. The number of benzene rings is 1. The molecule has 0 aliphatic carbocycles. The summed E-state index contributed by atoms with van der Waals surface area (Å²) < 4.78 is 11.3. The molecule has 4 rings (SSSR count). The van der Waals surface area contributed by atoms with Crippen molar-refractivity contribution in [2.75, 3.05) is 39.4 Å². The SMILES string of the molecule is CC(c1nccs1)N1CCN(C(=O)c2ccc3c(c2)OCCCO3)CC1. The summed E-state index contributed by atoms with van der Waals surface area (Å²) in [5.41, 5.74) is 0.663. The molecule has 1 unspecified atom stereocenters. The first-order valence-corrected chi connectivity index (χ1v) is 9.93. The molecular formula is C19H23N3O3S. The Hall–Kier alpha value is -2.12. The number of carbonyl (C=O) groups is 1. The molecule has 2 aliphatic rings. The fourth-order valence-electron chi connectivity index (χ4n) is 3.39. The van der Waals surface area contributed by atoms with Crippen molar-refractivity contribution in [3.05, 3.63) is 40.3 Å². The van der Waals surface area contributed by atoms with Crippen molar-refractivity contribution >= 4 is 17.2 Å². The highest BCUT2D eigenvalue weighted by Gasteiger charge is 2.27. The molecule has 26 heavy (non-hydrogen) atoms. The molecule has 0 radical (unpaired) electrons. The number of hydrogen-bond donors (Lipinski definition) is 0. The summed E-state index contributed by atoms with van der Waals surface area (Å²) in [6, 6.07) is 5.79. The minimum absolute atomic E-state index is 0.0576. The Kier molecular flexibility index (Phi) is 5.08. The molecule has 0 bridgehead atoms. The highest BCUT2D eigenvalue weighted by atomic mass is 32.1. The number of thiazole rings is 1. The van der Waals surface area contributed by atoms with E-state index in [1.165, 1.54) is 0 Å². The quantitative estimate of drug-likeness (QED) is 0.828. The molecule has 1 fully saturated rings. The minimum atomic E-state index is 0.0576. The molecule has 6 nitrogen and oxygen atoms in total. The highest BCUT2D eigenvalue weighted by Crippen LogP contribution is 2.31. The number of fused-ring (bicyclic) bond motifs is 1. The third-order valence-corrected chi connectivity index (χ3v) is 5.90. The second-order valence-electron chi connectivity index (χ2n) is 6.59. The third kappa shape index (κ3) is 3.54. The van der Waals surface area contributed by atoms with Crippen molar-refractivity contribution < 1.29 is 14.3 Å². The van der Waals surface area contributed by atoms with Gasteiger partial charge in [0.15, 0.2) is 11.5 Å². The minimum Gasteiger partial charge on any atom is -0.490 e. The Balaban J connectivity index is 1.40. The van der Waals surface area contributed by atoms with Crippen molar-refractivity contribution in [2.45, 2.75) is 19.4 Å². The fraction of sp³-hybridized carbons (Fsp3) is 0.474. The average Bonchev–Trinajstić information content (AvgIpc) is 3.12. The Bertz CT molecular complexity index is 757. The monoisotopic (exact) mass is 373 g/mol. The maximum absolute atomic E-state index is 12.9. The topological polar surface area (TPSA) is 54.9 Å². The van der Waals surface area contributed by atoms with Crippen LogP contribution in [-0.2, 0) is 0 Å². The lowest BCUT2D eigenvalue weighted by molar-refractivity contribution is 0.0581. The van der Waals surface area contributed by atoms with Gasteiger partial charge in [0.05, 0.1) is 19.3 Å². The van der Waals surface area contributed by atoms with E-state index in [2.05, 4.69) is 16.8 Å². The van der Waals surface area contributed by atoms with Crippen LogP contribution in [0.25, 0.3) is 0 Å². The number of aromatic nitrogens is 1. The molecule has 3 heterocycles. The van der Waals surface area contributed by atoms with E-state index in [0.29, 0.717) is 30.6 Å². The highest BCUT2D eigenvalue weighted by molar-refractivity contribution is 7.09. The van der Waals surface area contributed by atoms with Crippen molar-refractivity contribution in [1.29, 1.82) is 0 Å². The normalized spacial score (nSPS) is 19.0. The van der Waals surface area contributed by atoms with Gasteiger partial charge in [0.25, 0.3) is 5.91 Å². The Morgan fingerprint density at radius 2 is 1.92 bits per heavy atom. The van der Waals surface area contributed by atoms with Crippen molar-refractivity contribution in [3.8, 4) is 11.5 Å². The lowest BCUT2D eigenvalue weighted by atomic mass is 10.1. The van der Waals surface area contributed by atoms with Gasteiger partial charge in [0.1, 0.15) is 5.01 Å². The largest absolute Gasteiger partial charge is 0.490 e. The smallest absolute Gasteiger partial charge is 0.254 e. The molecule has 0 spiro atoms. The van der Waals surface area contributed by atoms with Crippen molar-refractivity contribution in [2.24, 2.45) is 0 Å². The Morgan fingerprint density at radius 1 is 1.15 bits per heavy atom. The molecule has 7 heteroatoms. The van der Waals surface area contributed by atoms with E-state index in [1.807, 2.05) is 34.7 Å². The average molecular weight is 373 g/mol. The summed E-state index contributed by atoms with van der Waals surface area (Å²) >= 11 is 1.68. The number of hydrogen-bond acceptors (Lipinski definition) is 6. The Labute approximate surface area is 157 Å². The molecule has 2 aliphatic heterocycles. The van der Waals surface area contributed by atoms with E-state index >= 15 is 0 Å². The van der Waals surface area contributed by atoms with Crippen LogP contribution in [0.5, 0.6) is 11.5 Å². The van der Waals surface area contributed by atoms with E-state index in [1.54, 1.807) is 11.3 Å². The number of nitrogens with zero attached hydrogens (tertiary/aromatic N) is 3. The number of rotatable bonds is 3. The zero-order valence-electron chi connectivity index (χ0n) is 14.9. The molecule has 1 aromatic carbocycles. The second-order valence-corrected chi connectivity index (χ2v) is 7.51. The first-order valence-electron chi connectivity index (χ1n) is 9.05. The predicted molar refractivity (Wildman–Crippen MR) is 100 cm³/mol. The predicted octanol–water partition coefficient (Wildman–Crippen LogP) is 2.82. The summed E-state index contributed by atoms with van der Waals surface area (Å²) in [5.74, 6) is 1.45. The van der Waals surface area contributed by atoms with Gasteiger partial charge < -0.3 is 14.4 Å².